The van der Waals surface area contributed by atoms with Gasteiger partial charge in [-0.3, -0.25) is 0 Å². The molecule has 0 saturated heterocycles. The van der Waals surface area contributed by atoms with Crippen LogP contribution in [0.1, 0.15) is 42.3 Å². The monoisotopic (exact) mass is 584 g/mol. The Morgan fingerprint density at radius 3 is 2.20 bits per heavy atom. The van der Waals surface area contributed by atoms with Crippen LogP contribution in [0.15, 0.2) is 24.3 Å². The molecule has 1 aromatic carbocycles. The summed E-state index contributed by atoms with van der Waals surface area (Å²) < 4.78 is 90.0. The number of aromatic nitrogens is 2. The molecule has 226 valence electrons. The van der Waals surface area contributed by atoms with Gasteiger partial charge in [-0.05, 0) is 24.5 Å². The molecule has 0 spiro atoms. The van der Waals surface area contributed by atoms with E-state index in [1.165, 1.54) is 6.92 Å². The number of halogens is 5. The molecule has 0 amide bonds. The first-order valence-electron chi connectivity index (χ1n) is 12.3. The maximum Gasteiger partial charge on any atom is 0.508 e. The molecule has 0 bridgehead atoms. The van der Waals surface area contributed by atoms with Gasteiger partial charge in [-0.25, -0.2) is 18.3 Å². The number of aliphatic hydroxyl groups is 3. The third kappa shape index (κ3) is 8.74. The minimum atomic E-state index is -5.07. The van der Waals surface area contributed by atoms with E-state index in [9.17, 15) is 37.0 Å². The van der Waals surface area contributed by atoms with E-state index in [1.807, 2.05) is 6.92 Å². The molecule has 15 heteroatoms. The zero-order valence-corrected chi connectivity index (χ0v) is 22.1. The summed E-state index contributed by atoms with van der Waals surface area (Å²) in [5, 5.41) is 33.0. The average Bonchev–Trinajstić information content (AvgIpc) is 3.28. The molecule has 0 aliphatic carbocycles. The van der Waals surface area contributed by atoms with Gasteiger partial charge in [0, 0.05) is 6.42 Å². The highest BCUT2D eigenvalue weighted by Crippen LogP contribution is 2.39. The Balaban J connectivity index is 2.48. The molecule has 1 aromatic heterocycles. The number of benzene rings is 1. The Morgan fingerprint density at radius 1 is 1.10 bits per heavy atom. The smallest absolute Gasteiger partial charge is 0.447 e. The van der Waals surface area contributed by atoms with Crippen molar-refractivity contribution in [1.82, 2.24) is 9.78 Å². The summed E-state index contributed by atoms with van der Waals surface area (Å²) in [6, 6.07) is 4.79. The normalized spacial score (nSPS) is 15.0. The van der Waals surface area contributed by atoms with Gasteiger partial charge in [0.05, 0.1) is 19.3 Å². The molecule has 10 nitrogen and oxygen atoms in total. The van der Waals surface area contributed by atoms with Crippen molar-refractivity contribution in [3.05, 3.63) is 46.6 Å². The molecule has 0 radical (unpaired) electrons. The number of hydrogen-bond donors (Lipinski definition) is 3. The molecular formula is C25H33F5N2O8. The van der Waals surface area contributed by atoms with E-state index in [1.54, 1.807) is 24.3 Å². The number of hydrogen-bond acceptors (Lipinski definition) is 9. The fourth-order valence-corrected chi connectivity index (χ4v) is 3.75. The molecule has 0 saturated carbocycles. The number of rotatable bonds is 15. The second-order valence-electron chi connectivity index (χ2n) is 8.75. The second-order valence-corrected chi connectivity index (χ2v) is 8.75. The first kappa shape index (κ1) is 33.2. The van der Waals surface area contributed by atoms with Gasteiger partial charge in [-0.2, -0.15) is 13.2 Å². The molecule has 0 fully saturated rings. The number of methoxy groups -OCH3 is 1. The Labute approximate surface area is 227 Å². The van der Waals surface area contributed by atoms with Gasteiger partial charge in [0.25, 0.3) is 0 Å². The molecule has 2 rings (SSSR count). The van der Waals surface area contributed by atoms with Crippen LogP contribution in [0.5, 0.6) is 5.88 Å². The van der Waals surface area contributed by atoms with Gasteiger partial charge in [-0.1, -0.05) is 31.2 Å². The number of ether oxygens (including phenoxy) is 4. The topological polar surface area (TPSA) is 133 Å². The van der Waals surface area contributed by atoms with Crippen molar-refractivity contribution < 1.29 is 61.0 Å². The van der Waals surface area contributed by atoms with Gasteiger partial charge in [0.15, 0.2) is 12.0 Å². The van der Waals surface area contributed by atoms with Gasteiger partial charge >= 0.3 is 12.3 Å². The van der Waals surface area contributed by atoms with Crippen LogP contribution in [0, 0.1) is 0 Å². The van der Waals surface area contributed by atoms with E-state index in [4.69, 9.17) is 19.3 Å². The highest BCUT2D eigenvalue weighted by molar-refractivity contribution is 5.59. The first-order chi connectivity index (χ1) is 18.9. The maximum absolute atomic E-state index is 14.2. The minimum Gasteiger partial charge on any atom is -0.447 e. The van der Waals surface area contributed by atoms with Crippen LogP contribution in [0.25, 0.3) is 0 Å². The fraction of sp³-hybridized carbons (Fsp3) is 0.600. The lowest BCUT2D eigenvalue weighted by atomic mass is 10.0. The molecule has 3 N–H and O–H groups in total. The van der Waals surface area contributed by atoms with E-state index < -0.39 is 86.7 Å². The van der Waals surface area contributed by atoms with Gasteiger partial charge in [-0.15, -0.1) is 5.10 Å². The van der Waals surface area contributed by atoms with Crippen molar-refractivity contribution in [3.8, 4) is 5.88 Å². The Hall–Kier alpha value is -3.01. The fourth-order valence-electron chi connectivity index (χ4n) is 3.75. The van der Waals surface area contributed by atoms with Crippen molar-refractivity contribution in [3.63, 3.8) is 0 Å². The SMILES string of the molecule is CCc1ccc(Cc2c(OC(C)OC(COC(=O)OC)C(O)C(O)CO)nn(C(CF)CF)c2C(F)(F)F)cc1. The molecule has 4 unspecified atom stereocenters. The van der Waals surface area contributed by atoms with Crippen molar-refractivity contribution in [1.29, 1.82) is 0 Å². The molecule has 1 heterocycles. The minimum absolute atomic E-state index is 0.194. The lowest BCUT2D eigenvalue weighted by Gasteiger charge is -2.28. The molecule has 0 aliphatic rings. The summed E-state index contributed by atoms with van der Waals surface area (Å²) in [6.45, 7) is -1.45. The number of carbonyl (C=O) groups is 1. The molecule has 4 atom stereocenters. The lowest BCUT2D eigenvalue weighted by Crippen LogP contribution is -2.46. The molecular weight excluding hydrogens is 551 g/mol. The number of nitrogens with zero attached hydrogens (tertiary/aromatic N) is 2. The number of aryl methyl sites for hydroxylation is 1. The van der Waals surface area contributed by atoms with Crippen LogP contribution in [-0.2, 0) is 33.2 Å². The summed E-state index contributed by atoms with van der Waals surface area (Å²) in [7, 11) is 1.01. The summed E-state index contributed by atoms with van der Waals surface area (Å²) >= 11 is 0. The van der Waals surface area contributed by atoms with Gasteiger partial charge < -0.3 is 34.3 Å². The van der Waals surface area contributed by atoms with Crippen LogP contribution < -0.4 is 4.74 Å². The Morgan fingerprint density at radius 2 is 1.70 bits per heavy atom. The predicted octanol–water partition coefficient (Wildman–Crippen LogP) is 3.14. The van der Waals surface area contributed by atoms with Crippen molar-refractivity contribution in [2.45, 2.75) is 63.5 Å². The molecule has 2 aromatic rings. The van der Waals surface area contributed by atoms with E-state index in [0.29, 0.717) is 12.0 Å². The largest absolute Gasteiger partial charge is 0.508 e. The molecule has 0 aliphatic heterocycles. The summed E-state index contributed by atoms with van der Waals surface area (Å²) in [5.41, 5.74) is -0.551. The third-order valence-corrected chi connectivity index (χ3v) is 5.89. The number of aliphatic hydroxyl groups excluding tert-OH is 3. The van der Waals surface area contributed by atoms with Crippen molar-refractivity contribution in [2.75, 3.05) is 33.7 Å². The second kappa shape index (κ2) is 15.1. The van der Waals surface area contributed by atoms with E-state index in [0.717, 1.165) is 12.7 Å². The van der Waals surface area contributed by atoms with Crippen LogP contribution in [-0.4, -0.2) is 89.5 Å². The van der Waals surface area contributed by atoms with Crippen LogP contribution in [0.2, 0.25) is 0 Å². The summed E-state index contributed by atoms with van der Waals surface area (Å²) in [6.07, 6.45) is -12.5. The Kier molecular flexibility index (Phi) is 12.5. The van der Waals surface area contributed by atoms with E-state index in [2.05, 4.69) is 9.84 Å². The van der Waals surface area contributed by atoms with Crippen molar-refractivity contribution in [2.24, 2.45) is 0 Å². The highest BCUT2D eigenvalue weighted by Gasteiger charge is 2.42. The summed E-state index contributed by atoms with van der Waals surface area (Å²) in [5.74, 6) is -0.642. The van der Waals surface area contributed by atoms with Gasteiger partial charge in [0.1, 0.15) is 44.3 Å². The highest BCUT2D eigenvalue weighted by atomic mass is 19.4. The van der Waals surface area contributed by atoms with Crippen LogP contribution in [0.3, 0.4) is 0 Å². The standard InChI is InChI=1S/C25H33F5N2O8/c1-4-15-5-7-16(8-6-15)9-18-22(25(28,29)30)32(17(10-26)11-27)31-23(18)40-14(2)39-20(13-38-24(36)37-3)21(35)19(34)12-33/h5-8,14,17,19-21,33-35H,4,9-13H2,1-3H3. The van der Waals surface area contributed by atoms with Gasteiger partial charge in [0.2, 0.25) is 5.88 Å². The lowest BCUT2D eigenvalue weighted by molar-refractivity contribution is -0.180. The number of alkyl halides is 5. The average molecular weight is 585 g/mol. The van der Waals surface area contributed by atoms with E-state index >= 15 is 0 Å². The summed E-state index contributed by atoms with van der Waals surface area (Å²) in [4.78, 5) is 11.4. The predicted molar refractivity (Wildman–Crippen MR) is 129 cm³/mol. The number of carbonyl (C=O) groups excluding carboxylic acids is 1. The first-order valence-corrected chi connectivity index (χ1v) is 12.3. The van der Waals surface area contributed by atoms with Crippen molar-refractivity contribution >= 4 is 6.16 Å². The van der Waals surface area contributed by atoms with Crippen LogP contribution in [0.4, 0.5) is 26.7 Å². The Bertz CT molecular complexity index is 1060. The zero-order chi connectivity index (χ0) is 30.0. The third-order valence-electron chi connectivity index (χ3n) is 5.89. The van der Waals surface area contributed by atoms with Crippen LogP contribution >= 0.6 is 0 Å². The van der Waals surface area contributed by atoms with E-state index in [-0.39, 0.29) is 11.1 Å². The maximum atomic E-state index is 14.2. The zero-order valence-electron chi connectivity index (χ0n) is 22.1. The quantitative estimate of drug-likeness (QED) is 0.164. The molecule has 40 heavy (non-hydrogen) atoms.